The first-order chi connectivity index (χ1) is 9.85. The lowest BCUT2D eigenvalue weighted by Crippen LogP contribution is -2.15. The maximum Gasteiger partial charge on any atom is 0.134 e. The lowest BCUT2D eigenvalue weighted by molar-refractivity contribution is 0.107. The highest BCUT2D eigenvalue weighted by Crippen LogP contribution is 2.21. The average Bonchev–Trinajstić information content (AvgIpc) is 2.98. The van der Waals surface area contributed by atoms with E-state index in [2.05, 4.69) is 34.4 Å². The lowest BCUT2D eigenvalue weighted by atomic mass is 10.1. The van der Waals surface area contributed by atoms with Gasteiger partial charge in [-0.25, -0.2) is 9.97 Å². The van der Waals surface area contributed by atoms with Crippen molar-refractivity contribution in [1.29, 1.82) is 0 Å². The summed E-state index contributed by atoms with van der Waals surface area (Å²) in [6.45, 7) is 7.06. The molecule has 112 valence electrons. The minimum absolute atomic E-state index is 0.423. The zero-order valence-corrected chi connectivity index (χ0v) is 12.6. The number of anilines is 2. The Balaban J connectivity index is 1.91. The number of nitrogens with zero attached hydrogens (tertiary/aromatic N) is 2. The molecule has 2 N–H and O–H groups in total. The van der Waals surface area contributed by atoms with E-state index in [9.17, 15) is 0 Å². The van der Waals surface area contributed by atoms with Crippen molar-refractivity contribution >= 4 is 11.6 Å². The second-order valence-electron chi connectivity index (χ2n) is 5.18. The van der Waals surface area contributed by atoms with Crippen LogP contribution in [0.4, 0.5) is 11.6 Å². The van der Waals surface area contributed by atoms with E-state index < -0.39 is 0 Å². The van der Waals surface area contributed by atoms with Crippen LogP contribution in [0.5, 0.6) is 0 Å². The molecule has 0 bridgehead atoms. The molecule has 0 radical (unpaired) electrons. The highest BCUT2D eigenvalue weighted by atomic mass is 16.5. The molecule has 0 aliphatic carbocycles. The fourth-order valence-corrected chi connectivity index (χ4v) is 2.52. The Morgan fingerprint density at radius 1 is 1.20 bits per heavy atom. The van der Waals surface area contributed by atoms with Crippen LogP contribution in [0.2, 0.25) is 0 Å². The minimum atomic E-state index is 0.423. The van der Waals surface area contributed by atoms with Crippen molar-refractivity contribution in [2.75, 3.05) is 30.3 Å². The number of rotatable bonds is 8. The second-order valence-corrected chi connectivity index (χ2v) is 5.18. The molecule has 1 unspecified atom stereocenters. The molecular weight excluding hydrogens is 252 g/mol. The third-order valence-corrected chi connectivity index (χ3v) is 3.62. The minimum Gasteiger partial charge on any atom is -0.378 e. The Bertz CT molecular complexity index is 405. The first-order valence-electron chi connectivity index (χ1n) is 7.78. The third kappa shape index (κ3) is 4.07. The van der Waals surface area contributed by atoms with Crippen LogP contribution in [0.15, 0.2) is 6.33 Å². The molecule has 0 amide bonds. The van der Waals surface area contributed by atoms with Crippen LogP contribution in [0.3, 0.4) is 0 Å². The third-order valence-electron chi connectivity index (χ3n) is 3.62. The van der Waals surface area contributed by atoms with Gasteiger partial charge in [-0.1, -0.05) is 13.8 Å². The van der Waals surface area contributed by atoms with Crippen LogP contribution < -0.4 is 10.6 Å². The fourth-order valence-electron chi connectivity index (χ4n) is 2.52. The van der Waals surface area contributed by atoms with Crippen molar-refractivity contribution in [2.24, 2.45) is 0 Å². The SMILES string of the molecule is CCCNc1ncnc(NCCC2CCCO2)c1CC. The van der Waals surface area contributed by atoms with Gasteiger partial charge in [0.15, 0.2) is 0 Å². The monoisotopic (exact) mass is 278 g/mol. The zero-order valence-electron chi connectivity index (χ0n) is 12.6. The van der Waals surface area contributed by atoms with Gasteiger partial charge in [0.2, 0.25) is 0 Å². The number of aromatic nitrogens is 2. The number of hydrogen-bond donors (Lipinski definition) is 2. The van der Waals surface area contributed by atoms with E-state index in [-0.39, 0.29) is 0 Å². The smallest absolute Gasteiger partial charge is 0.134 e. The predicted octanol–water partition coefficient (Wildman–Crippen LogP) is 2.84. The van der Waals surface area contributed by atoms with Gasteiger partial charge in [-0.3, -0.25) is 0 Å². The first kappa shape index (κ1) is 15.0. The van der Waals surface area contributed by atoms with Gasteiger partial charge in [-0.15, -0.1) is 0 Å². The quantitative estimate of drug-likeness (QED) is 0.765. The summed E-state index contributed by atoms with van der Waals surface area (Å²) in [6.07, 6.45) is 7.51. The summed E-state index contributed by atoms with van der Waals surface area (Å²) in [5.74, 6) is 1.92. The molecule has 0 saturated carbocycles. The van der Waals surface area contributed by atoms with Crippen LogP contribution >= 0.6 is 0 Å². The van der Waals surface area contributed by atoms with Crippen LogP contribution in [-0.2, 0) is 11.2 Å². The van der Waals surface area contributed by atoms with Crippen LogP contribution in [0.1, 0.15) is 45.1 Å². The van der Waals surface area contributed by atoms with Crippen molar-refractivity contribution in [3.05, 3.63) is 11.9 Å². The largest absolute Gasteiger partial charge is 0.378 e. The predicted molar refractivity (Wildman–Crippen MR) is 82.3 cm³/mol. The van der Waals surface area contributed by atoms with Gasteiger partial charge in [0.25, 0.3) is 0 Å². The highest BCUT2D eigenvalue weighted by Gasteiger charge is 2.15. The Labute approximate surface area is 121 Å². The molecule has 20 heavy (non-hydrogen) atoms. The Kier molecular flexibility index (Phi) is 6.05. The maximum atomic E-state index is 5.64. The standard InChI is InChI=1S/C15H26N4O/c1-3-8-16-14-13(4-2)15(19-11-18-14)17-9-7-12-6-5-10-20-12/h11-12H,3-10H2,1-2H3,(H2,16,17,18,19). The van der Waals surface area contributed by atoms with Crippen molar-refractivity contribution < 1.29 is 4.74 Å². The number of ether oxygens (including phenoxy) is 1. The Morgan fingerprint density at radius 2 is 1.95 bits per heavy atom. The summed E-state index contributed by atoms with van der Waals surface area (Å²) in [5.41, 5.74) is 1.17. The molecule has 1 fully saturated rings. The van der Waals surface area contributed by atoms with E-state index in [0.29, 0.717) is 6.10 Å². The molecule has 0 aromatic carbocycles. The van der Waals surface area contributed by atoms with Crippen molar-refractivity contribution in [2.45, 2.75) is 52.1 Å². The molecule has 1 aliphatic rings. The van der Waals surface area contributed by atoms with Crippen molar-refractivity contribution in [3.8, 4) is 0 Å². The summed E-state index contributed by atoms with van der Waals surface area (Å²) in [7, 11) is 0. The maximum absolute atomic E-state index is 5.64. The van der Waals surface area contributed by atoms with Crippen LogP contribution in [0.25, 0.3) is 0 Å². The molecule has 1 saturated heterocycles. The molecule has 0 spiro atoms. The Hall–Kier alpha value is -1.36. The molecule has 2 rings (SSSR count). The zero-order chi connectivity index (χ0) is 14.2. The molecule has 2 heterocycles. The second kappa shape index (κ2) is 8.04. The molecule has 5 heteroatoms. The van der Waals surface area contributed by atoms with E-state index in [4.69, 9.17) is 4.74 Å². The van der Waals surface area contributed by atoms with Gasteiger partial charge in [0.1, 0.15) is 18.0 Å². The van der Waals surface area contributed by atoms with Crippen molar-refractivity contribution in [3.63, 3.8) is 0 Å². The van der Waals surface area contributed by atoms with E-state index in [0.717, 1.165) is 50.6 Å². The van der Waals surface area contributed by atoms with E-state index >= 15 is 0 Å². The average molecular weight is 278 g/mol. The van der Waals surface area contributed by atoms with E-state index in [1.165, 1.54) is 18.4 Å². The molecule has 5 nitrogen and oxygen atoms in total. The van der Waals surface area contributed by atoms with E-state index in [1.807, 2.05) is 0 Å². The summed E-state index contributed by atoms with van der Waals surface area (Å²) < 4.78 is 5.64. The topological polar surface area (TPSA) is 59.1 Å². The van der Waals surface area contributed by atoms with Gasteiger partial charge in [0, 0.05) is 25.3 Å². The summed E-state index contributed by atoms with van der Waals surface area (Å²) in [4.78, 5) is 8.73. The van der Waals surface area contributed by atoms with Gasteiger partial charge < -0.3 is 15.4 Å². The van der Waals surface area contributed by atoms with Crippen molar-refractivity contribution in [1.82, 2.24) is 9.97 Å². The first-order valence-corrected chi connectivity index (χ1v) is 7.78. The van der Waals surface area contributed by atoms with Gasteiger partial charge in [0.05, 0.1) is 6.10 Å². The van der Waals surface area contributed by atoms with Crippen LogP contribution in [0, 0.1) is 0 Å². The number of nitrogens with one attached hydrogen (secondary N) is 2. The number of hydrogen-bond acceptors (Lipinski definition) is 5. The van der Waals surface area contributed by atoms with Gasteiger partial charge in [-0.2, -0.15) is 0 Å². The summed E-state index contributed by atoms with van der Waals surface area (Å²) in [5, 5.41) is 6.81. The molecule has 1 aromatic heterocycles. The summed E-state index contributed by atoms with van der Waals surface area (Å²) in [6, 6.07) is 0. The summed E-state index contributed by atoms with van der Waals surface area (Å²) >= 11 is 0. The van der Waals surface area contributed by atoms with Gasteiger partial charge in [-0.05, 0) is 32.1 Å². The lowest BCUT2D eigenvalue weighted by Gasteiger charge is -2.15. The Morgan fingerprint density at radius 3 is 2.55 bits per heavy atom. The molecule has 1 atom stereocenters. The van der Waals surface area contributed by atoms with E-state index in [1.54, 1.807) is 6.33 Å². The highest BCUT2D eigenvalue weighted by molar-refractivity contribution is 5.57. The van der Waals surface area contributed by atoms with Gasteiger partial charge >= 0.3 is 0 Å². The normalized spacial score (nSPS) is 18.2. The fraction of sp³-hybridized carbons (Fsp3) is 0.733. The molecule has 1 aliphatic heterocycles. The van der Waals surface area contributed by atoms with Crippen LogP contribution in [-0.4, -0.2) is 35.8 Å². The molecular formula is C15H26N4O. The molecule has 1 aromatic rings.